The SMILES string of the molecule is COc1ccccc1-c1noc(CCC(=O)NCc2nc(N)nc(N(C)C)n2)n1. The van der Waals surface area contributed by atoms with Crippen LogP contribution in [0.1, 0.15) is 18.1 Å². The number of methoxy groups -OCH3 is 1. The van der Waals surface area contributed by atoms with Crippen LogP contribution in [0.3, 0.4) is 0 Å². The van der Waals surface area contributed by atoms with Gasteiger partial charge in [0.15, 0.2) is 5.82 Å². The van der Waals surface area contributed by atoms with Gasteiger partial charge in [-0.25, -0.2) is 0 Å². The number of aryl methyl sites for hydroxylation is 1. The molecule has 2 aromatic heterocycles. The highest BCUT2D eigenvalue weighted by atomic mass is 16.5. The van der Waals surface area contributed by atoms with Crippen molar-refractivity contribution in [3.05, 3.63) is 36.0 Å². The molecule has 29 heavy (non-hydrogen) atoms. The number of para-hydroxylation sites is 1. The van der Waals surface area contributed by atoms with Crippen molar-refractivity contribution in [2.75, 3.05) is 31.8 Å². The number of ether oxygens (including phenoxy) is 1. The molecule has 3 N–H and O–H groups in total. The third-order valence-electron chi connectivity index (χ3n) is 3.91. The van der Waals surface area contributed by atoms with Crippen molar-refractivity contribution in [1.82, 2.24) is 30.4 Å². The Hall–Kier alpha value is -3.76. The summed E-state index contributed by atoms with van der Waals surface area (Å²) in [4.78, 5) is 30.4. The molecule has 152 valence electrons. The molecular weight excluding hydrogens is 376 g/mol. The largest absolute Gasteiger partial charge is 0.496 e. The van der Waals surface area contributed by atoms with Gasteiger partial charge >= 0.3 is 0 Å². The summed E-state index contributed by atoms with van der Waals surface area (Å²) in [7, 11) is 5.16. The van der Waals surface area contributed by atoms with Gasteiger partial charge in [0.1, 0.15) is 5.75 Å². The Labute approximate surface area is 167 Å². The summed E-state index contributed by atoms with van der Waals surface area (Å²) in [5.41, 5.74) is 6.39. The van der Waals surface area contributed by atoms with Gasteiger partial charge in [-0.1, -0.05) is 17.3 Å². The van der Waals surface area contributed by atoms with E-state index >= 15 is 0 Å². The van der Waals surface area contributed by atoms with Crippen molar-refractivity contribution in [2.45, 2.75) is 19.4 Å². The molecule has 0 aliphatic heterocycles. The fraction of sp³-hybridized carbons (Fsp3) is 0.333. The molecule has 1 amide bonds. The van der Waals surface area contributed by atoms with Crippen molar-refractivity contribution in [3.8, 4) is 17.1 Å². The first-order valence-electron chi connectivity index (χ1n) is 8.86. The van der Waals surface area contributed by atoms with Gasteiger partial charge in [0.05, 0.1) is 19.2 Å². The first-order chi connectivity index (χ1) is 14.0. The molecule has 1 aromatic carbocycles. The number of nitrogens with zero attached hydrogens (tertiary/aromatic N) is 6. The average molecular weight is 398 g/mol. The van der Waals surface area contributed by atoms with Crippen LogP contribution in [0.5, 0.6) is 5.75 Å². The van der Waals surface area contributed by atoms with Crippen LogP contribution in [0.4, 0.5) is 11.9 Å². The van der Waals surface area contributed by atoms with Crippen LogP contribution in [-0.4, -0.2) is 52.2 Å². The topological polar surface area (TPSA) is 145 Å². The molecule has 2 heterocycles. The molecule has 0 unspecified atom stereocenters. The lowest BCUT2D eigenvalue weighted by Gasteiger charge is -2.11. The second kappa shape index (κ2) is 8.95. The van der Waals surface area contributed by atoms with E-state index in [2.05, 4.69) is 30.4 Å². The van der Waals surface area contributed by atoms with Crippen molar-refractivity contribution >= 4 is 17.8 Å². The van der Waals surface area contributed by atoms with Crippen LogP contribution in [0, 0.1) is 0 Å². The molecule has 11 nitrogen and oxygen atoms in total. The quantitative estimate of drug-likeness (QED) is 0.559. The summed E-state index contributed by atoms with van der Waals surface area (Å²) in [6.45, 7) is 0.142. The molecule has 0 saturated heterocycles. The lowest BCUT2D eigenvalue weighted by Crippen LogP contribution is -2.25. The van der Waals surface area contributed by atoms with Crippen LogP contribution < -0.4 is 20.7 Å². The van der Waals surface area contributed by atoms with Gasteiger partial charge in [-0.05, 0) is 12.1 Å². The molecule has 0 atom stereocenters. The number of anilines is 2. The summed E-state index contributed by atoms with van der Waals surface area (Å²) in [5.74, 6) is 2.12. The first-order valence-corrected chi connectivity index (χ1v) is 8.86. The standard InChI is InChI=1S/C18H22N8O3/c1-26(2)18-22-13(21-17(19)24-18)10-20-14(27)8-9-15-23-16(25-29-15)11-6-4-5-7-12(11)28-3/h4-7H,8-10H2,1-3H3,(H,20,27)(H2,19,21,22,24). The number of aromatic nitrogens is 5. The Morgan fingerprint density at radius 2 is 2.00 bits per heavy atom. The van der Waals surface area contributed by atoms with Gasteiger partial charge in [0.25, 0.3) is 0 Å². The molecule has 0 bridgehead atoms. The van der Waals surface area contributed by atoms with E-state index in [1.807, 2.05) is 24.3 Å². The predicted molar refractivity (Wildman–Crippen MR) is 105 cm³/mol. The second-order valence-corrected chi connectivity index (χ2v) is 6.29. The number of carbonyl (C=O) groups excluding carboxylic acids is 1. The summed E-state index contributed by atoms with van der Waals surface area (Å²) >= 11 is 0. The first kappa shape index (κ1) is 20.0. The Kier molecular flexibility index (Phi) is 6.17. The number of nitrogen functional groups attached to an aromatic ring is 1. The minimum Gasteiger partial charge on any atom is -0.496 e. The molecule has 0 fully saturated rings. The van der Waals surface area contributed by atoms with Gasteiger partial charge in [-0.2, -0.15) is 19.9 Å². The minimum atomic E-state index is -0.201. The fourth-order valence-corrected chi connectivity index (χ4v) is 2.49. The normalized spacial score (nSPS) is 10.6. The lowest BCUT2D eigenvalue weighted by atomic mass is 10.2. The van der Waals surface area contributed by atoms with Crippen molar-refractivity contribution in [2.24, 2.45) is 0 Å². The highest BCUT2D eigenvalue weighted by molar-refractivity contribution is 5.76. The van der Waals surface area contributed by atoms with E-state index < -0.39 is 0 Å². The van der Waals surface area contributed by atoms with Crippen molar-refractivity contribution in [1.29, 1.82) is 0 Å². The van der Waals surface area contributed by atoms with Crippen LogP contribution in [0.15, 0.2) is 28.8 Å². The van der Waals surface area contributed by atoms with Crippen LogP contribution in [-0.2, 0) is 17.8 Å². The molecule has 0 spiro atoms. The molecule has 0 aliphatic rings. The maximum absolute atomic E-state index is 12.1. The van der Waals surface area contributed by atoms with Crippen LogP contribution >= 0.6 is 0 Å². The molecule has 3 rings (SSSR count). The number of rotatable bonds is 8. The molecule has 0 radical (unpaired) electrons. The second-order valence-electron chi connectivity index (χ2n) is 6.29. The van der Waals surface area contributed by atoms with Crippen molar-refractivity contribution in [3.63, 3.8) is 0 Å². The maximum Gasteiger partial charge on any atom is 0.229 e. The number of amides is 1. The molecular formula is C18H22N8O3. The van der Waals surface area contributed by atoms with Gasteiger partial charge in [0.2, 0.25) is 29.5 Å². The van der Waals surface area contributed by atoms with E-state index in [1.54, 1.807) is 26.1 Å². The number of hydrogen-bond donors (Lipinski definition) is 2. The average Bonchev–Trinajstić information content (AvgIpc) is 3.19. The maximum atomic E-state index is 12.1. The van der Waals surface area contributed by atoms with Crippen LogP contribution in [0.2, 0.25) is 0 Å². The van der Waals surface area contributed by atoms with E-state index in [4.69, 9.17) is 15.0 Å². The smallest absolute Gasteiger partial charge is 0.229 e. The zero-order chi connectivity index (χ0) is 20.8. The van der Waals surface area contributed by atoms with Gasteiger partial charge in [0, 0.05) is 26.9 Å². The Morgan fingerprint density at radius 3 is 2.76 bits per heavy atom. The molecule has 0 aliphatic carbocycles. The lowest BCUT2D eigenvalue weighted by molar-refractivity contribution is -0.121. The summed E-state index contributed by atoms with van der Waals surface area (Å²) in [6, 6.07) is 7.36. The highest BCUT2D eigenvalue weighted by Crippen LogP contribution is 2.27. The Morgan fingerprint density at radius 1 is 1.21 bits per heavy atom. The Bertz CT molecular complexity index is 989. The monoisotopic (exact) mass is 398 g/mol. The van der Waals surface area contributed by atoms with Gasteiger partial charge in [-0.15, -0.1) is 0 Å². The summed E-state index contributed by atoms with van der Waals surface area (Å²) in [5, 5.41) is 6.70. The third-order valence-corrected chi connectivity index (χ3v) is 3.91. The van der Waals surface area contributed by atoms with E-state index in [9.17, 15) is 4.79 Å². The highest BCUT2D eigenvalue weighted by Gasteiger charge is 2.14. The zero-order valence-electron chi connectivity index (χ0n) is 16.4. The zero-order valence-corrected chi connectivity index (χ0v) is 16.4. The molecule has 3 aromatic rings. The van der Waals surface area contributed by atoms with E-state index in [0.717, 1.165) is 5.56 Å². The predicted octanol–water partition coefficient (Wildman–Crippen LogP) is 0.827. The van der Waals surface area contributed by atoms with E-state index in [-0.39, 0.29) is 24.8 Å². The minimum absolute atomic E-state index is 0.0997. The van der Waals surface area contributed by atoms with Gasteiger partial charge < -0.3 is 25.2 Å². The van der Waals surface area contributed by atoms with Crippen molar-refractivity contribution < 1.29 is 14.1 Å². The van der Waals surface area contributed by atoms with Crippen LogP contribution in [0.25, 0.3) is 11.4 Å². The number of nitrogens with two attached hydrogens (primary N) is 1. The number of carbonyl (C=O) groups is 1. The summed E-state index contributed by atoms with van der Waals surface area (Å²) in [6.07, 6.45) is 0.477. The number of nitrogens with one attached hydrogen (secondary N) is 1. The summed E-state index contributed by atoms with van der Waals surface area (Å²) < 4.78 is 10.5. The fourth-order valence-electron chi connectivity index (χ4n) is 2.49. The molecule has 11 heteroatoms. The number of benzene rings is 1. The van der Waals surface area contributed by atoms with E-state index in [0.29, 0.717) is 35.7 Å². The molecule has 0 saturated carbocycles. The number of hydrogen-bond acceptors (Lipinski definition) is 10. The van der Waals surface area contributed by atoms with E-state index in [1.165, 1.54) is 0 Å². The van der Waals surface area contributed by atoms with Gasteiger partial charge in [-0.3, -0.25) is 4.79 Å². The Balaban J connectivity index is 1.55. The third kappa shape index (κ3) is 5.15.